The van der Waals surface area contributed by atoms with Crippen molar-refractivity contribution in [1.29, 1.82) is 0 Å². The lowest BCUT2D eigenvalue weighted by Gasteiger charge is -2.15. The Bertz CT molecular complexity index is 1270. The fourth-order valence-corrected chi connectivity index (χ4v) is 3.61. The number of halogens is 1. The van der Waals surface area contributed by atoms with E-state index >= 15 is 0 Å². The summed E-state index contributed by atoms with van der Waals surface area (Å²) in [6, 6.07) is 8.04. The first-order valence-corrected chi connectivity index (χ1v) is 10.2. The number of rotatable bonds is 1. The Morgan fingerprint density at radius 2 is 1.97 bits per heavy atom. The van der Waals surface area contributed by atoms with Gasteiger partial charge in [0.15, 0.2) is 5.82 Å². The Hall–Kier alpha value is -4.14. The van der Waals surface area contributed by atoms with Crippen LogP contribution < -0.4 is 10.1 Å². The highest BCUT2D eigenvalue weighted by Crippen LogP contribution is 2.30. The van der Waals surface area contributed by atoms with Gasteiger partial charge in [0.1, 0.15) is 29.4 Å². The summed E-state index contributed by atoms with van der Waals surface area (Å²) in [5.74, 6) is 0.294. The van der Waals surface area contributed by atoms with Crippen molar-refractivity contribution in [2.24, 2.45) is 0 Å². The Morgan fingerprint density at radius 3 is 2.84 bits per heavy atom. The Morgan fingerprint density at radius 1 is 1.09 bits per heavy atom. The van der Waals surface area contributed by atoms with Gasteiger partial charge in [0.05, 0.1) is 12.2 Å². The number of hydrogen-bond donors (Lipinski definition) is 1. The van der Waals surface area contributed by atoms with Gasteiger partial charge >= 0.3 is 0 Å². The number of ether oxygens (including phenoxy) is 1. The van der Waals surface area contributed by atoms with Crippen molar-refractivity contribution in [3.05, 3.63) is 72.8 Å². The molecular weight excluding hydrogens is 411 g/mol. The van der Waals surface area contributed by atoms with Crippen LogP contribution in [0, 0.1) is 5.82 Å². The quantitative estimate of drug-likeness (QED) is 0.491. The fourth-order valence-electron chi connectivity index (χ4n) is 3.61. The second-order valence-corrected chi connectivity index (χ2v) is 7.32. The van der Waals surface area contributed by atoms with Gasteiger partial charge in [-0.15, -0.1) is 0 Å². The summed E-state index contributed by atoms with van der Waals surface area (Å²) in [6.07, 6.45) is 9.52. The number of anilines is 1. The van der Waals surface area contributed by atoms with Gasteiger partial charge in [-0.05, 0) is 31.0 Å². The number of pyridine rings is 1. The number of carbonyl (C=O) groups excluding carboxylic acids is 1. The zero-order valence-electron chi connectivity index (χ0n) is 17.0. The smallest absolute Gasteiger partial charge is 0.260 e. The monoisotopic (exact) mass is 430 g/mol. The van der Waals surface area contributed by atoms with Gasteiger partial charge < -0.3 is 14.6 Å². The summed E-state index contributed by atoms with van der Waals surface area (Å²) < 4.78 is 22.7. The molecule has 9 heteroatoms. The number of benzene rings is 1. The van der Waals surface area contributed by atoms with Crippen molar-refractivity contribution in [2.45, 2.75) is 19.4 Å². The second kappa shape index (κ2) is 8.54. The van der Waals surface area contributed by atoms with Crippen molar-refractivity contribution < 1.29 is 13.9 Å². The predicted octanol–water partition coefficient (Wildman–Crippen LogP) is 3.97. The minimum Gasteiger partial charge on any atom is -0.493 e. The lowest BCUT2D eigenvalue weighted by Crippen LogP contribution is -2.16. The van der Waals surface area contributed by atoms with Gasteiger partial charge in [0, 0.05) is 48.5 Å². The molecule has 1 aliphatic heterocycles. The largest absolute Gasteiger partial charge is 0.493 e. The molecular formula is C23H19FN6O2. The molecule has 0 saturated heterocycles. The maximum Gasteiger partial charge on any atom is 0.260 e. The SMILES string of the molecule is O=C1Nc2cccc(n2)-c2nccn2CCCCOc2cc(F)c(-c3cncnc3)cc21. The lowest BCUT2D eigenvalue weighted by atomic mass is 10.0. The van der Waals surface area contributed by atoms with Gasteiger partial charge in [-0.3, -0.25) is 4.79 Å². The average Bonchev–Trinajstić information content (AvgIpc) is 3.28. The Kier molecular flexibility index (Phi) is 5.29. The molecule has 0 aliphatic carbocycles. The minimum absolute atomic E-state index is 0.178. The van der Waals surface area contributed by atoms with E-state index in [1.54, 1.807) is 18.3 Å². The molecule has 1 amide bonds. The fraction of sp³-hybridized carbons (Fsp3) is 0.174. The zero-order valence-corrected chi connectivity index (χ0v) is 17.0. The number of nitrogens with one attached hydrogen (secondary N) is 1. The molecule has 0 atom stereocenters. The molecule has 0 spiro atoms. The van der Waals surface area contributed by atoms with Crippen LogP contribution in [0.15, 0.2) is 61.4 Å². The van der Waals surface area contributed by atoms with E-state index in [-0.39, 0.29) is 16.9 Å². The molecule has 32 heavy (non-hydrogen) atoms. The molecule has 1 aromatic carbocycles. The zero-order chi connectivity index (χ0) is 21.9. The lowest BCUT2D eigenvalue weighted by molar-refractivity contribution is 0.102. The van der Waals surface area contributed by atoms with Crippen molar-refractivity contribution >= 4 is 11.7 Å². The Labute approximate surface area is 183 Å². The molecule has 5 rings (SSSR count). The van der Waals surface area contributed by atoms with Gasteiger partial charge in [0.25, 0.3) is 5.91 Å². The van der Waals surface area contributed by atoms with Crippen molar-refractivity contribution in [3.8, 4) is 28.4 Å². The maximum atomic E-state index is 14.9. The van der Waals surface area contributed by atoms with Crippen LogP contribution in [0.5, 0.6) is 5.75 Å². The number of fused-ring (bicyclic) bond motifs is 5. The molecule has 4 aromatic rings. The van der Waals surface area contributed by atoms with E-state index in [4.69, 9.17) is 4.74 Å². The minimum atomic E-state index is -0.518. The first-order valence-electron chi connectivity index (χ1n) is 10.2. The van der Waals surface area contributed by atoms with Gasteiger partial charge in [-0.2, -0.15) is 0 Å². The highest BCUT2D eigenvalue weighted by molar-refractivity contribution is 6.06. The van der Waals surface area contributed by atoms with Crippen LogP contribution in [-0.4, -0.2) is 37.0 Å². The molecule has 3 aromatic heterocycles. The van der Waals surface area contributed by atoms with Crippen LogP contribution >= 0.6 is 0 Å². The second-order valence-electron chi connectivity index (χ2n) is 7.32. The van der Waals surface area contributed by atoms with E-state index in [2.05, 4.69) is 25.3 Å². The van der Waals surface area contributed by atoms with Gasteiger partial charge in [0.2, 0.25) is 0 Å². The molecule has 0 radical (unpaired) electrons. The summed E-state index contributed by atoms with van der Waals surface area (Å²) in [6.45, 7) is 1.09. The third kappa shape index (κ3) is 3.92. The number of amides is 1. The molecule has 160 valence electrons. The van der Waals surface area contributed by atoms with Gasteiger partial charge in [-0.25, -0.2) is 24.3 Å². The van der Waals surface area contributed by atoms with E-state index < -0.39 is 11.7 Å². The number of aryl methyl sites for hydroxylation is 1. The summed E-state index contributed by atoms with van der Waals surface area (Å²) in [7, 11) is 0. The normalized spacial score (nSPS) is 13.8. The molecule has 2 bridgehead atoms. The summed E-state index contributed by atoms with van der Waals surface area (Å²) >= 11 is 0. The van der Waals surface area contributed by atoms with Crippen molar-refractivity contribution in [3.63, 3.8) is 0 Å². The maximum absolute atomic E-state index is 14.9. The van der Waals surface area contributed by atoms with E-state index in [0.717, 1.165) is 25.2 Å². The standard InChI is InChI=1S/C23H19FN6O2/c24-18-11-20-17(10-16(18)15-12-25-14-26-13-15)23(31)29-21-5-3-4-19(28-21)22-27-6-8-30(22)7-1-2-9-32-20/h3-6,8,10-14H,1-2,7,9H2,(H,28,29,31). The summed E-state index contributed by atoms with van der Waals surface area (Å²) in [5.41, 5.74) is 1.54. The van der Waals surface area contributed by atoms with Gasteiger partial charge in [-0.1, -0.05) is 6.07 Å². The number of aromatic nitrogens is 5. The van der Waals surface area contributed by atoms with E-state index in [0.29, 0.717) is 23.7 Å². The highest BCUT2D eigenvalue weighted by atomic mass is 19.1. The molecule has 1 N–H and O–H groups in total. The molecule has 8 nitrogen and oxygen atoms in total. The van der Waals surface area contributed by atoms with Crippen LogP contribution in [0.3, 0.4) is 0 Å². The molecule has 0 saturated carbocycles. The van der Waals surface area contributed by atoms with Crippen LogP contribution in [0.2, 0.25) is 0 Å². The van der Waals surface area contributed by atoms with E-state index in [1.165, 1.54) is 30.9 Å². The third-order valence-electron chi connectivity index (χ3n) is 5.17. The first kappa shape index (κ1) is 19.8. The van der Waals surface area contributed by atoms with Crippen LogP contribution in [-0.2, 0) is 6.54 Å². The highest BCUT2D eigenvalue weighted by Gasteiger charge is 2.20. The summed E-state index contributed by atoms with van der Waals surface area (Å²) in [5, 5.41) is 2.79. The van der Waals surface area contributed by atoms with Crippen molar-refractivity contribution in [2.75, 3.05) is 11.9 Å². The topological polar surface area (TPSA) is 94.8 Å². The predicted molar refractivity (Wildman–Crippen MR) is 116 cm³/mol. The average molecular weight is 430 g/mol. The van der Waals surface area contributed by atoms with Crippen LogP contribution in [0.4, 0.5) is 10.2 Å². The van der Waals surface area contributed by atoms with Crippen molar-refractivity contribution in [1.82, 2.24) is 24.5 Å². The van der Waals surface area contributed by atoms with Crippen LogP contribution in [0.25, 0.3) is 22.6 Å². The van der Waals surface area contributed by atoms with Crippen LogP contribution in [0.1, 0.15) is 23.2 Å². The third-order valence-corrected chi connectivity index (χ3v) is 5.17. The van der Waals surface area contributed by atoms with E-state index in [9.17, 15) is 9.18 Å². The molecule has 1 aliphatic rings. The molecule has 4 heterocycles. The molecule has 0 unspecified atom stereocenters. The number of hydrogen-bond acceptors (Lipinski definition) is 6. The molecule has 0 fully saturated rings. The number of nitrogens with zero attached hydrogens (tertiary/aromatic N) is 5. The number of imidazole rings is 1. The first-order chi connectivity index (χ1) is 15.7. The summed E-state index contributed by atoms with van der Waals surface area (Å²) in [4.78, 5) is 30.0. The Balaban J connectivity index is 1.57. The number of carbonyl (C=O) groups is 1. The van der Waals surface area contributed by atoms with E-state index in [1.807, 2.05) is 16.8 Å².